The highest BCUT2D eigenvalue weighted by Gasteiger charge is 2.19. The predicted molar refractivity (Wildman–Crippen MR) is 75.9 cm³/mol. The first-order valence-corrected chi connectivity index (χ1v) is 6.26. The minimum absolute atomic E-state index is 0.122. The van der Waals surface area contributed by atoms with Gasteiger partial charge in [0.25, 0.3) is 5.91 Å². The summed E-state index contributed by atoms with van der Waals surface area (Å²) in [4.78, 5) is 11.7. The van der Waals surface area contributed by atoms with E-state index in [9.17, 15) is 9.90 Å². The molecule has 2 N–H and O–H groups in total. The number of halogens is 1. The third-order valence-electron chi connectivity index (χ3n) is 2.52. The Morgan fingerprint density at radius 3 is 2.85 bits per heavy atom. The smallest absolute Gasteiger partial charge is 0.261 e. The van der Waals surface area contributed by atoms with E-state index in [1.54, 1.807) is 19.1 Å². The lowest BCUT2D eigenvalue weighted by Crippen LogP contribution is -2.36. The zero-order valence-electron chi connectivity index (χ0n) is 11.3. The van der Waals surface area contributed by atoms with Crippen molar-refractivity contribution in [3.63, 3.8) is 0 Å². The molecule has 0 saturated carbocycles. The van der Waals surface area contributed by atoms with E-state index in [1.807, 2.05) is 0 Å². The fourth-order valence-corrected chi connectivity index (χ4v) is 1.77. The van der Waals surface area contributed by atoms with Gasteiger partial charge in [0.05, 0.1) is 20.3 Å². The van der Waals surface area contributed by atoms with Crippen molar-refractivity contribution in [2.75, 3.05) is 13.7 Å². The third kappa shape index (κ3) is 4.05. The molecule has 0 spiro atoms. The molecule has 0 bridgehead atoms. The van der Waals surface area contributed by atoms with Gasteiger partial charge in [-0.05, 0) is 13.0 Å². The van der Waals surface area contributed by atoms with Gasteiger partial charge in [-0.3, -0.25) is 4.79 Å². The average Bonchev–Trinajstić information content (AvgIpc) is 2.45. The molecule has 6 heteroatoms. The van der Waals surface area contributed by atoms with Crippen LogP contribution in [0.15, 0.2) is 12.1 Å². The Morgan fingerprint density at radius 1 is 1.60 bits per heavy atom. The van der Waals surface area contributed by atoms with Crippen LogP contribution in [0.3, 0.4) is 0 Å². The van der Waals surface area contributed by atoms with Crippen LogP contribution in [-0.2, 0) is 11.4 Å². The number of aliphatic hydroxyl groups is 1. The second-order valence-corrected chi connectivity index (χ2v) is 4.37. The van der Waals surface area contributed by atoms with Crippen molar-refractivity contribution in [1.29, 1.82) is 0 Å². The Balaban J connectivity index is 2.96. The molecule has 1 amide bonds. The minimum Gasteiger partial charge on any atom is -0.493 e. The Morgan fingerprint density at radius 2 is 2.30 bits per heavy atom. The van der Waals surface area contributed by atoms with E-state index in [-0.39, 0.29) is 24.8 Å². The van der Waals surface area contributed by atoms with Gasteiger partial charge in [-0.25, -0.2) is 0 Å². The van der Waals surface area contributed by atoms with Crippen molar-refractivity contribution in [1.82, 2.24) is 5.32 Å². The van der Waals surface area contributed by atoms with Crippen LogP contribution in [0.25, 0.3) is 0 Å². The standard InChI is InChI=1S/C14H16ClNO4/c1-4-5-16-14(18)9(2)20-13-10(8-17)6-11(15)7-12(13)19-3/h1,6-7,9,17H,5,8H2,2-3H3,(H,16,18). The number of rotatable bonds is 6. The topological polar surface area (TPSA) is 67.8 Å². The number of hydrogen-bond acceptors (Lipinski definition) is 4. The van der Waals surface area contributed by atoms with Crippen LogP contribution in [-0.4, -0.2) is 30.8 Å². The molecular weight excluding hydrogens is 282 g/mol. The SMILES string of the molecule is C#CCNC(=O)C(C)Oc1c(CO)cc(Cl)cc1OC. The monoisotopic (exact) mass is 297 g/mol. The van der Waals surface area contributed by atoms with Crippen LogP contribution >= 0.6 is 11.6 Å². The number of terminal acetylenes is 1. The van der Waals surface area contributed by atoms with Crippen LogP contribution in [0.2, 0.25) is 5.02 Å². The molecule has 1 unspecified atom stereocenters. The van der Waals surface area contributed by atoms with E-state index >= 15 is 0 Å². The highest BCUT2D eigenvalue weighted by molar-refractivity contribution is 6.30. The van der Waals surface area contributed by atoms with Gasteiger partial charge in [-0.2, -0.15) is 0 Å². The number of amides is 1. The van der Waals surface area contributed by atoms with E-state index < -0.39 is 6.10 Å². The van der Waals surface area contributed by atoms with Gasteiger partial charge < -0.3 is 19.9 Å². The Labute approximate surface area is 122 Å². The van der Waals surface area contributed by atoms with Crippen LogP contribution in [0.5, 0.6) is 11.5 Å². The highest BCUT2D eigenvalue weighted by Crippen LogP contribution is 2.35. The molecular formula is C14H16ClNO4. The Hall–Kier alpha value is -1.90. The third-order valence-corrected chi connectivity index (χ3v) is 2.73. The van der Waals surface area contributed by atoms with Crippen LogP contribution < -0.4 is 14.8 Å². The molecule has 0 aliphatic heterocycles. The van der Waals surface area contributed by atoms with Gasteiger partial charge in [0.1, 0.15) is 0 Å². The van der Waals surface area contributed by atoms with Gasteiger partial charge in [-0.1, -0.05) is 17.5 Å². The molecule has 1 aromatic rings. The van der Waals surface area contributed by atoms with E-state index in [1.165, 1.54) is 7.11 Å². The maximum absolute atomic E-state index is 11.7. The van der Waals surface area contributed by atoms with Crippen molar-refractivity contribution in [3.8, 4) is 23.8 Å². The number of carbonyl (C=O) groups excluding carboxylic acids is 1. The minimum atomic E-state index is -0.788. The molecule has 0 fully saturated rings. The summed E-state index contributed by atoms with van der Waals surface area (Å²) in [5.41, 5.74) is 0.436. The molecule has 0 aromatic heterocycles. The fraction of sp³-hybridized carbons (Fsp3) is 0.357. The first-order valence-electron chi connectivity index (χ1n) is 5.88. The number of carbonyl (C=O) groups is 1. The van der Waals surface area contributed by atoms with E-state index in [0.717, 1.165) is 0 Å². The number of aliphatic hydroxyl groups excluding tert-OH is 1. The lowest BCUT2D eigenvalue weighted by Gasteiger charge is -2.18. The summed E-state index contributed by atoms with van der Waals surface area (Å²) >= 11 is 5.90. The summed E-state index contributed by atoms with van der Waals surface area (Å²) in [6.45, 7) is 1.41. The summed E-state index contributed by atoms with van der Waals surface area (Å²) in [5.74, 6) is 2.57. The molecule has 20 heavy (non-hydrogen) atoms. The number of methoxy groups -OCH3 is 1. The number of nitrogens with one attached hydrogen (secondary N) is 1. The van der Waals surface area contributed by atoms with Gasteiger partial charge >= 0.3 is 0 Å². The molecule has 0 aliphatic rings. The van der Waals surface area contributed by atoms with Crippen molar-refractivity contribution in [3.05, 3.63) is 22.7 Å². The molecule has 1 atom stereocenters. The molecule has 5 nitrogen and oxygen atoms in total. The van der Waals surface area contributed by atoms with E-state index in [2.05, 4.69) is 11.2 Å². The summed E-state index contributed by atoms with van der Waals surface area (Å²) < 4.78 is 10.7. The van der Waals surface area contributed by atoms with Crippen molar-refractivity contribution >= 4 is 17.5 Å². The first kappa shape index (κ1) is 16.2. The summed E-state index contributed by atoms with van der Waals surface area (Å²) in [7, 11) is 1.45. The maximum Gasteiger partial charge on any atom is 0.261 e. The second-order valence-electron chi connectivity index (χ2n) is 3.94. The lowest BCUT2D eigenvalue weighted by atomic mass is 10.2. The summed E-state index contributed by atoms with van der Waals surface area (Å²) in [5, 5.41) is 12.2. The molecule has 1 aromatic carbocycles. The zero-order valence-corrected chi connectivity index (χ0v) is 12.0. The predicted octanol–water partition coefficient (Wildman–Crippen LogP) is 1.36. The van der Waals surface area contributed by atoms with Gasteiger partial charge in [0.15, 0.2) is 17.6 Å². The number of hydrogen-bond donors (Lipinski definition) is 2. The van der Waals surface area contributed by atoms with Crippen molar-refractivity contribution in [2.24, 2.45) is 0 Å². The van der Waals surface area contributed by atoms with Crippen molar-refractivity contribution in [2.45, 2.75) is 19.6 Å². The van der Waals surface area contributed by atoms with Gasteiger partial charge in [-0.15, -0.1) is 6.42 Å². The Bertz CT molecular complexity index is 499. The van der Waals surface area contributed by atoms with E-state index in [4.69, 9.17) is 27.5 Å². The average molecular weight is 298 g/mol. The van der Waals surface area contributed by atoms with Crippen LogP contribution in [0.4, 0.5) is 0 Å². The fourth-order valence-electron chi connectivity index (χ4n) is 1.54. The molecule has 0 aliphatic carbocycles. The number of benzene rings is 1. The Kier molecular flexibility index (Phi) is 6.16. The second kappa shape index (κ2) is 7.63. The molecule has 0 radical (unpaired) electrons. The molecule has 0 saturated heterocycles. The molecule has 0 heterocycles. The lowest BCUT2D eigenvalue weighted by molar-refractivity contribution is -0.127. The van der Waals surface area contributed by atoms with Gasteiger partial charge in [0.2, 0.25) is 0 Å². The van der Waals surface area contributed by atoms with Gasteiger partial charge in [0, 0.05) is 16.7 Å². The highest BCUT2D eigenvalue weighted by atomic mass is 35.5. The van der Waals surface area contributed by atoms with Crippen LogP contribution in [0.1, 0.15) is 12.5 Å². The van der Waals surface area contributed by atoms with E-state index in [0.29, 0.717) is 16.3 Å². The largest absolute Gasteiger partial charge is 0.493 e. The zero-order chi connectivity index (χ0) is 15.1. The summed E-state index contributed by atoms with van der Waals surface area (Å²) in [6, 6.07) is 3.09. The molecule has 108 valence electrons. The normalized spacial score (nSPS) is 11.3. The maximum atomic E-state index is 11.7. The van der Waals surface area contributed by atoms with Crippen molar-refractivity contribution < 1.29 is 19.4 Å². The summed E-state index contributed by atoms with van der Waals surface area (Å²) in [6.07, 6.45) is 4.28. The quantitative estimate of drug-likeness (QED) is 0.778. The van der Waals surface area contributed by atoms with Crippen LogP contribution in [0, 0.1) is 12.3 Å². The molecule has 1 rings (SSSR count). The number of ether oxygens (including phenoxy) is 2. The first-order chi connectivity index (χ1) is 9.53.